The first-order valence-corrected chi connectivity index (χ1v) is 6.16. The highest BCUT2D eigenvalue weighted by molar-refractivity contribution is 5.64. The van der Waals surface area contributed by atoms with Gasteiger partial charge in [0, 0.05) is 6.07 Å². The number of hydroxylamine groups is 1. The van der Waals surface area contributed by atoms with Crippen LogP contribution >= 0.6 is 0 Å². The Morgan fingerprint density at radius 2 is 1.79 bits per heavy atom. The largest absolute Gasteiger partial charge is 0.301 e. The first kappa shape index (κ1) is 12.3. The summed E-state index contributed by atoms with van der Waals surface area (Å²) in [5, 5.41) is 0. The molecule has 98 valence electrons. The third-order valence-electron chi connectivity index (χ3n) is 3.22. The number of hydrogen-bond donors (Lipinski definition) is 1. The molecule has 0 radical (unpaired) electrons. The van der Waals surface area contributed by atoms with E-state index in [1.165, 1.54) is 12.1 Å². The van der Waals surface area contributed by atoms with Gasteiger partial charge in [0.05, 0.1) is 12.6 Å². The Balaban J connectivity index is 1.98. The maximum absolute atomic E-state index is 13.2. The second-order valence-electron chi connectivity index (χ2n) is 4.59. The lowest BCUT2D eigenvalue weighted by molar-refractivity contribution is 0.0883. The monoisotopic (exact) mass is 261 g/mol. The number of hydrogen-bond acceptors (Lipinski definition) is 2. The molecule has 0 amide bonds. The van der Waals surface area contributed by atoms with E-state index in [2.05, 4.69) is 5.48 Å². The van der Waals surface area contributed by atoms with E-state index < -0.39 is 11.6 Å². The molecule has 2 nitrogen and oxygen atoms in total. The van der Waals surface area contributed by atoms with Gasteiger partial charge < -0.3 is 4.84 Å². The van der Waals surface area contributed by atoms with Gasteiger partial charge in [0.25, 0.3) is 0 Å². The van der Waals surface area contributed by atoms with E-state index in [4.69, 9.17) is 4.84 Å². The predicted octanol–water partition coefficient (Wildman–Crippen LogP) is 3.60. The normalized spacial score (nSPS) is 18.7. The minimum absolute atomic E-state index is 0.137. The Labute approximate surface area is 110 Å². The third kappa shape index (κ3) is 2.64. The predicted molar refractivity (Wildman–Crippen MR) is 68.2 cm³/mol. The molecule has 1 unspecified atom stereocenters. The Morgan fingerprint density at radius 3 is 2.47 bits per heavy atom. The van der Waals surface area contributed by atoms with Crippen LogP contribution in [0.25, 0.3) is 11.1 Å². The van der Waals surface area contributed by atoms with Crippen LogP contribution in [0.15, 0.2) is 42.5 Å². The van der Waals surface area contributed by atoms with Gasteiger partial charge in [-0.1, -0.05) is 18.2 Å². The van der Waals surface area contributed by atoms with Gasteiger partial charge in [-0.25, -0.2) is 8.78 Å². The molecule has 2 aromatic rings. The summed E-state index contributed by atoms with van der Waals surface area (Å²) in [4.78, 5) is 5.13. The molecule has 0 aromatic heterocycles. The van der Waals surface area contributed by atoms with Gasteiger partial charge in [-0.05, 0) is 41.3 Å². The Kier molecular flexibility index (Phi) is 3.27. The van der Waals surface area contributed by atoms with Crippen LogP contribution in [-0.2, 0) is 4.84 Å². The maximum atomic E-state index is 13.2. The summed E-state index contributed by atoms with van der Waals surface area (Å²) in [5.74, 6) is -1.13. The van der Waals surface area contributed by atoms with E-state index in [0.29, 0.717) is 12.2 Å². The Bertz CT molecular complexity index is 574. The van der Waals surface area contributed by atoms with E-state index in [0.717, 1.165) is 23.6 Å². The average Bonchev–Trinajstić information content (AvgIpc) is 2.92. The van der Waals surface area contributed by atoms with Crippen LogP contribution in [0.4, 0.5) is 8.78 Å². The van der Waals surface area contributed by atoms with Gasteiger partial charge >= 0.3 is 0 Å². The second kappa shape index (κ2) is 5.07. The van der Waals surface area contributed by atoms with Crippen molar-refractivity contribution < 1.29 is 13.6 Å². The molecule has 0 spiro atoms. The van der Waals surface area contributed by atoms with Crippen LogP contribution in [0.3, 0.4) is 0 Å². The number of halogens is 2. The number of nitrogens with one attached hydrogen (secondary N) is 1. The van der Waals surface area contributed by atoms with Crippen molar-refractivity contribution in [2.24, 2.45) is 0 Å². The molecule has 4 heteroatoms. The molecule has 1 fully saturated rings. The summed E-state index contributed by atoms with van der Waals surface area (Å²) in [6, 6.07) is 11.3. The van der Waals surface area contributed by atoms with Crippen molar-refractivity contribution in [3.8, 4) is 11.1 Å². The van der Waals surface area contributed by atoms with Gasteiger partial charge in [0.2, 0.25) is 0 Å². The molecule has 0 aliphatic carbocycles. The molecule has 0 bridgehead atoms. The van der Waals surface area contributed by atoms with Crippen molar-refractivity contribution in [1.29, 1.82) is 0 Å². The minimum atomic E-state index is -0.567. The van der Waals surface area contributed by atoms with Crippen molar-refractivity contribution in [3.05, 3.63) is 59.7 Å². The molecular formula is C15H13F2NO. The molecule has 3 rings (SSSR count). The minimum Gasteiger partial charge on any atom is -0.301 e. The summed E-state index contributed by atoms with van der Waals surface area (Å²) >= 11 is 0. The van der Waals surface area contributed by atoms with Crippen LogP contribution in [-0.4, -0.2) is 6.61 Å². The molecule has 1 aliphatic rings. The second-order valence-corrected chi connectivity index (χ2v) is 4.59. The van der Waals surface area contributed by atoms with Crippen LogP contribution in [0.1, 0.15) is 18.0 Å². The third-order valence-corrected chi connectivity index (χ3v) is 3.22. The van der Waals surface area contributed by atoms with E-state index in [-0.39, 0.29) is 6.04 Å². The fraction of sp³-hybridized carbons (Fsp3) is 0.200. The van der Waals surface area contributed by atoms with Crippen molar-refractivity contribution in [1.82, 2.24) is 5.48 Å². The molecule has 1 aliphatic heterocycles. The maximum Gasteiger partial charge on any atom is 0.126 e. The van der Waals surface area contributed by atoms with Gasteiger partial charge in [-0.15, -0.1) is 0 Å². The van der Waals surface area contributed by atoms with Crippen LogP contribution in [0.5, 0.6) is 0 Å². The average molecular weight is 261 g/mol. The molecule has 1 saturated heterocycles. The summed E-state index contributed by atoms with van der Waals surface area (Å²) in [6.45, 7) is 0.670. The topological polar surface area (TPSA) is 21.3 Å². The lowest BCUT2D eigenvalue weighted by atomic mass is 9.98. The zero-order valence-electron chi connectivity index (χ0n) is 10.2. The van der Waals surface area contributed by atoms with Crippen molar-refractivity contribution in [3.63, 3.8) is 0 Å². The van der Waals surface area contributed by atoms with Gasteiger partial charge in [-0.3, -0.25) is 0 Å². The van der Waals surface area contributed by atoms with Gasteiger partial charge in [-0.2, -0.15) is 5.48 Å². The van der Waals surface area contributed by atoms with Gasteiger partial charge in [0.1, 0.15) is 11.6 Å². The highest BCUT2D eigenvalue weighted by Gasteiger charge is 2.17. The standard InChI is InChI=1S/C15H13F2NO/c16-13-7-12(8-14(17)9-13)10-2-1-3-11(6-10)15-4-5-19-18-15/h1-3,6-9,15,18H,4-5H2. The van der Waals surface area contributed by atoms with E-state index in [1.54, 1.807) is 0 Å². The zero-order valence-corrected chi connectivity index (χ0v) is 10.2. The summed E-state index contributed by atoms with van der Waals surface area (Å²) in [6.07, 6.45) is 0.890. The van der Waals surface area contributed by atoms with Crippen LogP contribution in [0.2, 0.25) is 0 Å². The molecule has 1 N–H and O–H groups in total. The molecular weight excluding hydrogens is 248 g/mol. The SMILES string of the molecule is Fc1cc(F)cc(-c2cccc(C3CCON3)c2)c1. The van der Waals surface area contributed by atoms with Crippen molar-refractivity contribution in [2.45, 2.75) is 12.5 Å². The number of rotatable bonds is 2. The fourth-order valence-electron chi connectivity index (χ4n) is 2.29. The fourth-order valence-corrected chi connectivity index (χ4v) is 2.29. The first-order valence-electron chi connectivity index (χ1n) is 6.16. The Morgan fingerprint density at radius 1 is 1.00 bits per heavy atom. The lowest BCUT2D eigenvalue weighted by Crippen LogP contribution is -2.11. The summed E-state index contributed by atoms with van der Waals surface area (Å²) in [5.41, 5.74) is 5.32. The van der Waals surface area contributed by atoms with Crippen LogP contribution < -0.4 is 5.48 Å². The van der Waals surface area contributed by atoms with Crippen molar-refractivity contribution in [2.75, 3.05) is 6.61 Å². The highest BCUT2D eigenvalue weighted by atomic mass is 19.1. The molecule has 0 saturated carbocycles. The summed E-state index contributed by atoms with van der Waals surface area (Å²) < 4.78 is 26.5. The first-order chi connectivity index (χ1) is 9.22. The smallest absolute Gasteiger partial charge is 0.126 e. The molecule has 1 heterocycles. The zero-order chi connectivity index (χ0) is 13.2. The Hall–Kier alpha value is -1.78. The van der Waals surface area contributed by atoms with Crippen LogP contribution in [0, 0.1) is 11.6 Å². The van der Waals surface area contributed by atoms with Crippen molar-refractivity contribution >= 4 is 0 Å². The number of benzene rings is 2. The molecule has 19 heavy (non-hydrogen) atoms. The molecule has 2 aromatic carbocycles. The van der Waals surface area contributed by atoms with E-state index >= 15 is 0 Å². The lowest BCUT2D eigenvalue weighted by Gasteiger charge is -2.11. The summed E-state index contributed by atoms with van der Waals surface area (Å²) in [7, 11) is 0. The van der Waals surface area contributed by atoms with E-state index in [9.17, 15) is 8.78 Å². The van der Waals surface area contributed by atoms with Gasteiger partial charge in [0.15, 0.2) is 0 Å². The highest BCUT2D eigenvalue weighted by Crippen LogP contribution is 2.27. The molecule has 1 atom stereocenters. The quantitative estimate of drug-likeness (QED) is 0.891. The van der Waals surface area contributed by atoms with E-state index in [1.807, 2.05) is 24.3 Å².